The van der Waals surface area contributed by atoms with Crippen molar-refractivity contribution in [2.45, 2.75) is 25.9 Å². The number of esters is 2. The van der Waals surface area contributed by atoms with E-state index in [0.717, 1.165) is 0 Å². The molecular formula is C8H10F2O4. The Bertz CT molecular complexity index is 259. The molecule has 0 spiro atoms. The van der Waals surface area contributed by atoms with Crippen LogP contribution < -0.4 is 0 Å². The molecule has 2 unspecified atom stereocenters. The Morgan fingerprint density at radius 2 is 2.21 bits per heavy atom. The third kappa shape index (κ3) is 2.18. The monoisotopic (exact) mass is 208 g/mol. The first kappa shape index (κ1) is 10.9. The topological polar surface area (TPSA) is 52.6 Å². The van der Waals surface area contributed by atoms with E-state index in [1.54, 1.807) is 6.92 Å². The number of hydrogen-bond acceptors (Lipinski definition) is 4. The molecule has 1 heterocycles. The maximum Gasteiger partial charge on any atom is 0.377 e. The normalized spacial score (nSPS) is 27.3. The summed E-state index contributed by atoms with van der Waals surface area (Å²) >= 11 is 0. The molecular weight excluding hydrogens is 198 g/mol. The van der Waals surface area contributed by atoms with Crippen molar-refractivity contribution in [1.29, 1.82) is 0 Å². The molecule has 0 amide bonds. The van der Waals surface area contributed by atoms with Gasteiger partial charge in [-0.15, -0.1) is 0 Å². The molecule has 0 radical (unpaired) electrons. The molecule has 1 saturated heterocycles. The zero-order valence-corrected chi connectivity index (χ0v) is 7.75. The van der Waals surface area contributed by atoms with E-state index in [1.807, 2.05) is 0 Å². The molecule has 0 aromatic rings. The van der Waals surface area contributed by atoms with Crippen molar-refractivity contribution in [3.05, 3.63) is 0 Å². The largest absolute Gasteiger partial charge is 0.462 e. The van der Waals surface area contributed by atoms with E-state index in [9.17, 15) is 18.4 Å². The molecule has 14 heavy (non-hydrogen) atoms. The van der Waals surface area contributed by atoms with E-state index < -0.39 is 24.0 Å². The van der Waals surface area contributed by atoms with Gasteiger partial charge in [0.1, 0.15) is 0 Å². The summed E-state index contributed by atoms with van der Waals surface area (Å²) < 4.78 is 33.7. The maximum atomic E-state index is 12.4. The quantitative estimate of drug-likeness (QED) is 0.628. The molecule has 0 aromatic heterocycles. The Labute approximate surface area is 79.2 Å². The van der Waals surface area contributed by atoms with E-state index >= 15 is 0 Å². The summed E-state index contributed by atoms with van der Waals surface area (Å²) in [5.41, 5.74) is 0. The lowest BCUT2D eigenvalue weighted by Crippen LogP contribution is -2.35. The second-order valence-corrected chi connectivity index (χ2v) is 3.32. The molecule has 2 atom stereocenters. The molecule has 1 rings (SSSR count). The summed E-state index contributed by atoms with van der Waals surface area (Å²) in [4.78, 5) is 21.6. The highest BCUT2D eigenvalue weighted by molar-refractivity contribution is 5.83. The van der Waals surface area contributed by atoms with Crippen molar-refractivity contribution in [3.8, 4) is 0 Å². The SMILES string of the molecule is CC1COC(=O)C1OC(=O)C(C)(F)F. The van der Waals surface area contributed by atoms with Gasteiger partial charge in [0, 0.05) is 12.8 Å². The number of cyclic esters (lactones) is 1. The number of halogens is 2. The number of ether oxygens (including phenoxy) is 2. The first-order valence-electron chi connectivity index (χ1n) is 4.08. The van der Waals surface area contributed by atoms with Crippen LogP contribution in [0.2, 0.25) is 0 Å². The molecule has 0 aliphatic carbocycles. The van der Waals surface area contributed by atoms with Gasteiger partial charge in [0.2, 0.25) is 6.10 Å². The van der Waals surface area contributed by atoms with Crippen LogP contribution in [0.4, 0.5) is 8.78 Å². The van der Waals surface area contributed by atoms with Gasteiger partial charge in [-0.3, -0.25) is 0 Å². The van der Waals surface area contributed by atoms with Gasteiger partial charge in [0.25, 0.3) is 0 Å². The third-order valence-corrected chi connectivity index (χ3v) is 1.83. The minimum atomic E-state index is -3.58. The zero-order valence-electron chi connectivity index (χ0n) is 7.75. The average molecular weight is 208 g/mol. The standard InChI is InChI=1S/C8H10F2O4/c1-4-3-13-6(11)5(4)14-7(12)8(2,9)10/h4-5H,3H2,1-2H3. The van der Waals surface area contributed by atoms with E-state index in [2.05, 4.69) is 9.47 Å². The van der Waals surface area contributed by atoms with Crippen molar-refractivity contribution in [2.75, 3.05) is 6.61 Å². The van der Waals surface area contributed by atoms with Crippen LogP contribution >= 0.6 is 0 Å². The van der Waals surface area contributed by atoms with E-state index in [1.165, 1.54) is 0 Å². The van der Waals surface area contributed by atoms with Gasteiger partial charge < -0.3 is 9.47 Å². The summed E-state index contributed by atoms with van der Waals surface area (Å²) in [6.45, 7) is 2.09. The molecule has 1 fully saturated rings. The maximum absolute atomic E-state index is 12.4. The lowest BCUT2D eigenvalue weighted by molar-refractivity contribution is -0.180. The van der Waals surface area contributed by atoms with Gasteiger partial charge >= 0.3 is 17.9 Å². The molecule has 0 N–H and O–H groups in total. The molecule has 0 bridgehead atoms. The average Bonchev–Trinajstić information content (AvgIpc) is 2.34. The molecule has 0 saturated carbocycles. The van der Waals surface area contributed by atoms with Crippen molar-refractivity contribution in [3.63, 3.8) is 0 Å². The van der Waals surface area contributed by atoms with Crippen LogP contribution in [0.5, 0.6) is 0 Å². The predicted molar refractivity (Wildman–Crippen MR) is 40.6 cm³/mol. The minimum Gasteiger partial charge on any atom is -0.462 e. The fourth-order valence-electron chi connectivity index (χ4n) is 0.998. The third-order valence-electron chi connectivity index (χ3n) is 1.83. The Balaban J connectivity index is 2.60. The van der Waals surface area contributed by atoms with Crippen LogP contribution in [0, 0.1) is 5.92 Å². The lowest BCUT2D eigenvalue weighted by Gasteiger charge is -2.15. The lowest BCUT2D eigenvalue weighted by atomic mass is 10.1. The smallest absolute Gasteiger partial charge is 0.377 e. The second-order valence-electron chi connectivity index (χ2n) is 3.32. The van der Waals surface area contributed by atoms with Crippen LogP contribution in [0.15, 0.2) is 0 Å². The molecule has 4 nitrogen and oxygen atoms in total. The Kier molecular flexibility index (Phi) is 2.73. The summed E-state index contributed by atoms with van der Waals surface area (Å²) in [5, 5.41) is 0. The molecule has 1 aliphatic heterocycles. The van der Waals surface area contributed by atoms with Crippen molar-refractivity contribution >= 4 is 11.9 Å². The summed E-state index contributed by atoms with van der Waals surface area (Å²) in [7, 11) is 0. The van der Waals surface area contributed by atoms with Crippen molar-refractivity contribution in [2.24, 2.45) is 5.92 Å². The van der Waals surface area contributed by atoms with Gasteiger partial charge in [-0.05, 0) is 0 Å². The van der Waals surface area contributed by atoms with E-state index in [-0.39, 0.29) is 12.5 Å². The van der Waals surface area contributed by atoms with Gasteiger partial charge in [-0.1, -0.05) is 6.92 Å². The first-order chi connectivity index (χ1) is 6.32. The summed E-state index contributed by atoms with van der Waals surface area (Å²) in [6, 6.07) is 0. The molecule has 1 aliphatic rings. The molecule has 6 heteroatoms. The summed E-state index contributed by atoms with van der Waals surface area (Å²) in [6.07, 6.45) is -1.20. The fourth-order valence-corrected chi connectivity index (χ4v) is 0.998. The van der Waals surface area contributed by atoms with Crippen molar-refractivity contribution < 1.29 is 27.8 Å². The van der Waals surface area contributed by atoms with Gasteiger partial charge in [-0.25, -0.2) is 9.59 Å². The number of rotatable bonds is 2. The van der Waals surface area contributed by atoms with Gasteiger partial charge in [-0.2, -0.15) is 8.78 Å². The Morgan fingerprint density at radius 3 is 2.57 bits per heavy atom. The highest BCUT2D eigenvalue weighted by Crippen LogP contribution is 2.22. The highest BCUT2D eigenvalue weighted by Gasteiger charge is 2.42. The molecule has 0 aromatic carbocycles. The van der Waals surface area contributed by atoms with E-state index in [0.29, 0.717) is 6.92 Å². The summed E-state index contributed by atoms with van der Waals surface area (Å²) in [5.74, 6) is -6.43. The Hall–Kier alpha value is -1.20. The number of carbonyl (C=O) groups is 2. The van der Waals surface area contributed by atoms with Crippen LogP contribution in [0.3, 0.4) is 0 Å². The fraction of sp³-hybridized carbons (Fsp3) is 0.750. The van der Waals surface area contributed by atoms with Gasteiger partial charge in [0.15, 0.2) is 0 Å². The number of carbonyl (C=O) groups excluding carboxylic acids is 2. The first-order valence-corrected chi connectivity index (χ1v) is 4.08. The van der Waals surface area contributed by atoms with Crippen LogP contribution in [0.1, 0.15) is 13.8 Å². The number of hydrogen-bond donors (Lipinski definition) is 0. The molecule has 80 valence electrons. The number of alkyl halides is 2. The van der Waals surface area contributed by atoms with E-state index in [4.69, 9.17) is 0 Å². The minimum absolute atomic E-state index is 0.0894. The van der Waals surface area contributed by atoms with Crippen LogP contribution in [-0.4, -0.2) is 30.6 Å². The van der Waals surface area contributed by atoms with Crippen LogP contribution in [0.25, 0.3) is 0 Å². The van der Waals surface area contributed by atoms with Gasteiger partial charge in [0.05, 0.1) is 6.61 Å². The zero-order chi connectivity index (χ0) is 10.9. The highest BCUT2D eigenvalue weighted by atomic mass is 19.3. The second kappa shape index (κ2) is 3.51. The van der Waals surface area contributed by atoms with Crippen LogP contribution in [-0.2, 0) is 19.1 Å². The Morgan fingerprint density at radius 1 is 1.64 bits per heavy atom. The predicted octanol–water partition coefficient (Wildman–Crippen LogP) is 0.746. The van der Waals surface area contributed by atoms with Crippen molar-refractivity contribution in [1.82, 2.24) is 0 Å².